The fourth-order valence-corrected chi connectivity index (χ4v) is 2.92. The van der Waals surface area contributed by atoms with E-state index in [0.29, 0.717) is 18.0 Å². The number of ether oxygens (including phenoxy) is 2. The van der Waals surface area contributed by atoms with Crippen molar-refractivity contribution in [2.45, 2.75) is 13.8 Å². The lowest BCUT2D eigenvalue weighted by molar-refractivity contribution is -0.114. The van der Waals surface area contributed by atoms with Crippen LogP contribution in [-0.4, -0.2) is 43.5 Å². The molecule has 0 aliphatic carbocycles. The molecule has 0 bridgehead atoms. The van der Waals surface area contributed by atoms with Crippen LogP contribution in [-0.2, 0) is 14.3 Å². The molecule has 0 saturated carbocycles. The topological polar surface area (TPSA) is 102 Å². The largest absolute Gasteiger partial charge is 0.460 e. The molecule has 2 aromatic carbocycles. The fraction of sp³-hybridized carbons (Fsp3) is 0.238. The van der Waals surface area contributed by atoms with E-state index in [-0.39, 0.29) is 35.8 Å². The predicted molar refractivity (Wildman–Crippen MR) is 105 cm³/mol. The lowest BCUT2D eigenvalue weighted by Gasteiger charge is -2.14. The summed E-state index contributed by atoms with van der Waals surface area (Å²) in [4.78, 5) is 49.8. The molecular formula is C21H20N2O6. The van der Waals surface area contributed by atoms with Crippen molar-refractivity contribution in [2.24, 2.45) is 0 Å². The van der Waals surface area contributed by atoms with Crippen molar-refractivity contribution in [3.63, 3.8) is 0 Å². The number of imide groups is 1. The number of anilines is 2. The monoisotopic (exact) mass is 396 g/mol. The number of fused-ring (bicyclic) bond motifs is 1. The molecule has 1 N–H and O–H groups in total. The Morgan fingerprint density at radius 2 is 1.66 bits per heavy atom. The number of benzene rings is 2. The first-order valence-electron chi connectivity index (χ1n) is 9.07. The summed E-state index contributed by atoms with van der Waals surface area (Å²) in [6.45, 7) is 4.13. The van der Waals surface area contributed by atoms with Gasteiger partial charge in [0.25, 0.3) is 11.8 Å². The van der Waals surface area contributed by atoms with E-state index in [9.17, 15) is 19.2 Å². The minimum absolute atomic E-state index is 0.101. The number of carbonyl (C=O) groups excluding carboxylic acids is 4. The van der Waals surface area contributed by atoms with Gasteiger partial charge in [-0.1, -0.05) is 0 Å². The smallest absolute Gasteiger partial charge is 0.338 e. The molecule has 150 valence electrons. The Morgan fingerprint density at radius 3 is 2.31 bits per heavy atom. The number of nitrogens with zero attached hydrogens (tertiary/aromatic N) is 1. The van der Waals surface area contributed by atoms with E-state index in [0.717, 1.165) is 4.90 Å². The van der Waals surface area contributed by atoms with Crippen molar-refractivity contribution in [1.29, 1.82) is 0 Å². The molecule has 29 heavy (non-hydrogen) atoms. The molecule has 0 saturated heterocycles. The second kappa shape index (κ2) is 8.66. The molecule has 2 aromatic rings. The molecule has 1 heterocycles. The van der Waals surface area contributed by atoms with Gasteiger partial charge in [-0.2, -0.15) is 0 Å². The summed E-state index contributed by atoms with van der Waals surface area (Å²) in [5, 5.41) is 2.62. The van der Waals surface area contributed by atoms with Crippen molar-refractivity contribution in [2.75, 3.05) is 30.0 Å². The molecule has 0 aromatic heterocycles. The zero-order chi connectivity index (χ0) is 21.0. The Balaban J connectivity index is 1.78. The molecule has 1 aliphatic rings. The van der Waals surface area contributed by atoms with Gasteiger partial charge in [0.15, 0.2) is 0 Å². The molecule has 8 nitrogen and oxygen atoms in total. The molecule has 3 amide bonds. The van der Waals surface area contributed by atoms with Crippen LogP contribution in [0.3, 0.4) is 0 Å². The third kappa shape index (κ3) is 4.33. The van der Waals surface area contributed by atoms with Gasteiger partial charge in [-0.05, 0) is 49.4 Å². The van der Waals surface area contributed by atoms with E-state index in [2.05, 4.69) is 5.32 Å². The van der Waals surface area contributed by atoms with Crippen LogP contribution in [0.4, 0.5) is 11.4 Å². The standard InChI is InChI=1S/C21H20N2O6/c1-3-28-10-11-29-21(27)14-4-9-17-18(12-14)20(26)23(19(17)25)16-7-5-15(6-8-16)22-13(2)24/h4-9,12H,3,10-11H2,1-2H3,(H,22,24). The summed E-state index contributed by atoms with van der Waals surface area (Å²) in [6.07, 6.45) is 0. The highest BCUT2D eigenvalue weighted by Gasteiger charge is 2.37. The van der Waals surface area contributed by atoms with Crippen molar-refractivity contribution in [3.8, 4) is 0 Å². The van der Waals surface area contributed by atoms with Gasteiger partial charge in [0.1, 0.15) is 6.61 Å². The molecular weight excluding hydrogens is 376 g/mol. The highest BCUT2D eigenvalue weighted by molar-refractivity contribution is 6.34. The summed E-state index contributed by atoms with van der Waals surface area (Å²) < 4.78 is 10.2. The first kappa shape index (κ1) is 20.2. The van der Waals surface area contributed by atoms with Gasteiger partial charge >= 0.3 is 5.97 Å². The quantitative estimate of drug-likeness (QED) is 0.439. The van der Waals surface area contributed by atoms with Gasteiger partial charge in [-0.25, -0.2) is 9.69 Å². The third-order valence-electron chi connectivity index (χ3n) is 4.23. The van der Waals surface area contributed by atoms with Gasteiger partial charge in [0.2, 0.25) is 5.91 Å². The van der Waals surface area contributed by atoms with Crippen LogP contribution in [0.25, 0.3) is 0 Å². The number of rotatable bonds is 7. The number of nitrogens with one attached hydrogen (secondary N) is 1. The lowest BCUT2D eigenvalue weighted by Crippen LogP contribution is -2.29. The zero-order valence-corrected chi connectivity index (χ0v) is 16.1. The molecule has 0 radical (unpaired) electrons. The molecule has 0 unspecified atom stereocenters. The summed E-state index contributed by atoms with van der Waals surface area (Å²) in [6, 6.07) is 10.6. The second-order valence-electron chi connectivity index (χ2n) is 6.27. The minimum atomic E-state index is -0.592. The molecule has 1 aliphatic heterocycles. The highest BCUT2D eigenvalue weighted by Crippen LogP contribution is 2.30. The summed E-state index contributed by atoms with van der Waals surface area (Å²) >= 11 is 0. The number of carbonyl (C=O) groups is 4. The molecule has 0 fully saturated rings. The summed E-state index contributed by atoms with van der Waals surface area (Å²) in [5.74, 6) is -1.82. The molecule has 3 rings (SSSR count). The number of esters is 1. The molecule has 0 spiro atoms. The Bertz CT molecular complexity index is 968. The van der Waals surface area contributed by atoms with Crippen LogP contribution >= 0.6 is 0 Å². The van der Waals surface area contributed by atoms with E-state index < -0.39 is 17.8 Å². The normalized spacial score (nSPS) is 12.7. The van der Waals surface area contributed by atoms with Gasteiger partial charge in [-0.3, -0.25) is 14.4 Å². The SMILES string of the molecule is CCOCCOC(=O)c1ccc2c(c1)C(=O)N(c1ccc(NC(C)=O)cc1)C2=O. The van der Waals surface area contributed by atoms with E-state index in [1.807, 2.05) is 6.92 Å². The van der Waals surface area contributed by atoms with Gasteiger partial charge < -0.3 is 14.8 Å². The van der Waals surface area contributed by atoms with Crippen LogP contribution in [0.15, 0.2) is 42.5 Å². The average Bonchev–Trinajstić information content (AvgIpc) is 2.95. The fourth-order valence-electron chi connectivity index (χ4n) is 2.92. The van der Waals surface area contributed by atoms with Gasteiger partial charge in [0, 0.05) is 19.2 Å². The first-order chi connectivity index (χ1) is 13.9. The maximum absolute atomic E-state index is 12.8. The molecule has 8 heteroatoms. The zero-order valence-electron chi connectivity index (χ0n) is 16.1. The Hall–Kier alpha value is -3.52. The maximum atomic E-state index is 12.8. The van der Waals surface area contributed by atoms with Crippen LogP contribution in [0, 0.1) is 0 Å². The van der Waals surface area contributed by atoms with Crippen molar-refractivity contribution >= 4 is 35.1 Å². The Labute approximate surface area is 167 Å². The predicted octanol–water partition coefficient (Wildman–Crippen LogP) is 2.64. The van der Waals surface area contributed by atoms with E-state index in [1.165, 1.54) is 25.1 Å². The van der Waals surface area contributed by atoms with Crippen LogP contribution in [0.5, 0.6) is 0 Å². The van der Waals surface area contributed by atoms with E-state index in [4.69, 9.17) is 9.47 Å². The van der Waals surface area contributed by atoms with Gasteiger partial charge in [0.05, 0.1) is 29.0 Å². The van der Waals surface area contributed by atoms with Crippen LogP contribution in [0.1, 0.15) is 44.9 Å². The van der Waals surface area contributed by atoms with Crippen molar-refractivity contribution in [3.05, 3.63) is 59.2 Å². The summed E-state index contributed by atoms with van der Waals surface area (Å²) in [5.41, 5.74) is 1.46. The second-order valence-corrected chi connectivity index (χ2v) is 6.27. The van der Waals surface area contributed by atoms with Gasteiger partial charge in [-0.15, -0.1) is 0 Å². The summed E-state index contributed by atoms with van der Waals surface area (Å²) in [7, 11) is 0. The van der Waals surface area contributed by atoms with Crippen molar-refractivity contribution < 1.29 is 28.7 Å². The molecule has 0 atom stereocenters. The lowest BCUT2D eigenvalue weighted by atomic mass is 10.1. The third-order valence-corrected chi connectivity index (χ3v) is 4.23. The average molecular weight is 396 g/mol. The van der Waals surface area contributed by atoms with E-state index >= 15 is 0 Å². The Kier molecular flexibility index (Phi) is 6.04. The maximum Gasteiger partial charge on any atom is 0.338 e. The highest BCUT2D eigenvalue weighted by atomic mass is 16.6. The number of hydrogen-bond acceptors (Lipinski definition) is 6. The first-order valence-corrected chi connectivity index (χ1v) is 9.07. The van der Waals surface area contributed by atoms with E-state index in [1.54, 1.807) is 24.3 Å². The minimum Gasteiger partial charge on any atom is -0.460 e. The number of amides is 3. The van der Waals surface area contributed by atoms with Crippen LogP contribution < -0.4 is 10.2 Å². The van der Waals surface area contributed by atoms with Crippen molar-refractivity contribution in [1.82, 2.24) is 0 Å². The Morgan fingerprint density at radius 1 is 0.966 bits per heavy atom. The van der Waals surface area contributed by atoms with Crippen LogP contribution in [0.2, 0.25) is 0 Å². The number of hydrogen-bond donors (Lipinski definition) is 1.